The molecular formula is C18H16FNO. The fourth-order valence-electron chi connectivity index (χ4n) is 2.19. The minimum Gasteiger partial charge on any atom is -0.459 e. The van der Waals surface area contributed by atoms with E-state index in [1.807, 2.05) is 24.3 Å². The highest BCUT2D eigenvalue weighted by atomic mass is 19.1. The van der Waals surface area contributed by atoms with Gasteiger partial charge in [-0.1, -0.05) is 12.1 Å². The molecule has 0 aliphatic heterocycles. The molecular weight excluding hydrogens is 265 g/mol. The van der Waals surface area contributed by atoms with Gasteiger partial charge < -0.3 is 9.73 Å². The lowest BCUT2D eigenvalue weighted by atomic mass is 10.2. The van der Waals surface area contributed by atoms with Crippen LogP contribution in [-0.2, 0) is 6.54 Å². The van der Waals surface area contributed by atoms with E-state index in [1.165, 1.54) is 17.7 Å². The van der Waals surface area contributed by atoms with Crippen LogP contribution in [0.15, 0.2) is 65.1 Å². The predicted molar refractivity (Wildman–Crippen MR) is 82.6 cm³/mol. The summed E-state index contributed by atoms with van der Waals surface area (Å²) in [5.41, 5.74) is 3.15. The van der Waals surface area contributed by atoms with E-state index in [0.717, 1.165) is 22.8 Å². The summed E-state index contributed by atoms with van der Waals surface area (Å²) < 4.78 is 18.7. The molecule has 1 N–H and O–H groups in total. The van der Waals surface area contributed by atoms with Gasteiger partial charge >= 0.3 is 0 Å². The zero-order valence-corrected chi connectivity index (χ0v) is 11.8. The summed E-state index contributed by atoms with van der Waals surface area (Å²) >= 11 is 0. The number of aryl methyl sites for hydroxylation is 1. The van der Waals surface area contributed by atoms with Gasteiger partial charge in [0.2, 0.25) is 0 Å². The third kappa shape index (κ3) is 3.31. The highest BCUT2D eigenvalue weighted by Gasteiger charge is 2.05. The zero-order chi connectivity index (χ0) is 14.7. The quantitative estimate of drug-likeness (QED) is 0.727. The fraction of sp³-hybridized carbons (Fsp3) is 0.111. The second-order valence-electron chi connectivity index (χ2n) is 5.00. The van der Waals surface area contributed by atoms with Gasteiger partial charge in [0.25, 0.3) is 0 Å². The molecule has 3 aromatic rings. The van der Waals surface area contributed by atoms with Gasteiger partial charge in [0, 0.05) is 11.3 Å². The van der Waals surface area contributed by atoms with Crippen molar-refractivity contribution >= 4 is 5.69 Å². The number of hydrogen-bond donors (Lipinski definition) is 1. The maximum atomic E-state index is 12.9. The Balaban J connectivity index is 1.69. The minimum atomic E-state index is -0.244. The summed E-state index contributed by atoms with van der Waals surface area (Å²) in [6.45, 7) is 2.68. The van der Waals surface area contributed by atoms with Crippen molar-refractivity contribution in [2.24, 2.45) is 0 Å². The van der Waals surface area contributed by atoms with Crippen molar-refractivity contribution in [1.82, 2.24) is 0 Å². The van der Waals surface area contributed by atoms with Crippen LogP contribution in [0.3, 0.4) is 0 Å². The summed E-state index contributed by atoms with van der Waals surface area (Å²) in [6.07, 6.45) is 0. The topological polar surface area (TPSA) is 25.2 Å². The summed E-state index contributed by atoms with van der Waals surface area (Å²) in [5.74, 6) is 1.35. The number of rotatable bonds is 4. The molecule has 0 fully saturated rings. The molecule has 3 heteroatoms. The molecule has 0 bridgehead atoms. The van der Waals surface area contributed by atoms with Gasteiger partial charge in [0.1, 0.15) is 17.3 Å². The van der Waals surface area contributed by atoms with Gasteiger partial charge in [-0.2, -0.15) is 0 Å². The van der Waals surface area contributed by atoms with E-state index < -0.39 is 0 Å². The minimum absolute atomic E-state index is 0.244. The predicted octanol–water partition coefficient (Wildman–Crippen LogP) is 5.01. The highest BCUT2D eigenvalue weighted by molar-refractivity contribution is 5.57. The summed E-state index contributed by atoms with van der Waals surface area (Å²) in [4.78, 5) is 0. The molecule has 0 atom stereocenters. The molecule has 0 unspecified atom stereocenters. The van der Waals surface area contributed by atoms with E-state index in [-0.39, 0.29) is 5.82 Å². The number of halogens is 1. The standard InChI is InChI=1S/C18H16FNO/c1-13-3-2-4-16(11-13)20-12-17-9-10-18(21-17)14-5-7-15(19)8-6-14/h2-11,20H,12H2,1H3. The van der Waals surface area contributed by atoms with E-state index in [1.54, 1.807) is 12.1 Å². The van der Waals surface area contributed by atoms with Crippen molar-refractivity contribution in [3.8, 4) is 11.3 Å². The average Bonchev–Trinajstić information content (AvgIpc) is 2.95. The van der Waals surface area contributed by atoms with Crippen LogP contribution in [0, 0.1) is 12.7 Å². The van der Waals surface area contributed by atoms with Crippen LogP contribution in [0.2, 0.25) is 0 Å². The van der Waals surface area contributed by atoms with Gasteiger partial charge in [-0.25, -0.2) is 4.39 Å². The Bertz CT molecular complexity index is 731. The largest absolute Gasteiger partial charge is 0.459 e. The molecule has 106 valence electrons. The third-order valence-corrected chi connectivity index (χ3v) is 3.28. The molecule has 0 aliphatic carbocycles. The Labute approximate surface area is 123 Å². The van der Waals surface area contributed by atoms with Gasteiger partial charge in [0.15, 0.2) is 0 Å². The maximum Gasteiger partial charge on any atom is 0.134 e. The molecule has 21 heavy (non-hydrogen) atoms. The SMILES string of the molecule is Cc1cccc(NCc2ccc(-c3ccc(F)cc3)o2)c1. The first-order valence-corrected chi connectivity index (χ1v) is 6.86. The Kier molecular flexibility index (Phi) is 3.73. The molecule has 0 saturated heterocycles. The first-order chi connectivity index (χ1) is 10.2. The van der Waals surface area contributed by atoms with E-state index in [4.69, 9.17) is 4.42 Å². The molecule has 3 rings (SSSR count). The summed E-state index contributed by atoms with van der Waals surface area (Å²) in [7, 11) is 0. The second-order valence-corrected chi connectivity index (χ2v) is 5.00. The average molecular weight is 281 g/mol. The van der Waals surface area contributed by atoms with Gasteiger partial charge in [-0.15, -0.1) is 0 Å². The molecule has 2 nitrogen and oxygen atoms in total. The normalized spacial score (nSPS) is 10.6. The van der Waals surface area contributed by atoms with Crippen LogP contribution >= 0.6 is 0 Å². The lowest BCUT2D eigenvalue weighted by Crippen LogP contribution is -1.97. The van der Waals surface area contributed by atoms with E-state index in [2.05, 4.69) is 24.4 Å². The molecule has 1 aromatic heterocycles. The summed E-state index contributed by atoms with van der Waals surface area (Å²) in [6, 6.07) is 18.3. The van der Waals surface area contributed by atoms with Crippen molar-refractivity contribution in [1.29, 1.82) is 0 Å². The number of furan rings is 1. The van der Waals surface area contributed by atoms with Crippen LogP contribution in [-0.4, -0.2) is 0 Å². The van der Waals surface area contributed by atoms with Gasteiger partial charge in [0.05, 0.1) is 6.54 Å². The van der Waals surface area contributed by atoms with Crippen molar-refractivity contribution < 1.29 is 8.81 Å². The number of benzene rings is 2. The Morgan fingerprint density at radius 1 is 1.00 bits per heavy atom. The molecule has 0 radical (unpaired) electrons. The third-order valence-electron chi connectivity index (χ3n) is 3.28. The van der Waals surface area contributed by atoms with Crippen LogP contribution in [0.5, 0.6) is 0 Å². The van der Waals surface area contributed by atoms with Crippen LogP contribution in [0.25, 0.3) is 11.3 Å². The molecule has 0 amide bonds. The smallest absolute Gasteiger partial charge is 0.134 e. The summed E-state index contributed by atoms with van der Waals surface area (Å²) in [5, 5.41) is 3.32. The fourth-order valence-corrected chi connectivity index (χ4v) is 2.19. The van der Waals surface area contributed by atoms with Crippen LogP contribution in [0.4, 0.5) is 10.1 Å². The van der Waals surface area contributed by atoms with Crippen LogP contribution < -0.4 is 5.32 Å². The van der Waals surface area contributed by atoms with Gasteiger partial charge in [-0.05, 0) is 61.0 Å². The molecule has 1 heterocycles. The molecule has 0 aliphatic rings. The second kappa shape index (κ2) is 5.83. The Morgan fingerprint density at radius 2 is 1.81 bits per heavy atom. The molecule has 0 spiro atoms. The van der Waals surface area contributed by atoms with E-state index in [9.17, 15) is 4.39 Å². The lowest BCUT2D eigenvalue weighted by molar-refractivity contribution is 0.531. The number of anilines is 1. The zero-order valence-electron chi connectivity index (χ0n) is 11.8. The van der Waals surface area contributed by atoms with E-state index >= 15 is 0 Å². The first-order valence-electron chi connectivity index (χ1n) is 6.86. The van der Waals surface area contributed by atoms with Crippen molar-refractivity contribution in [2.45, 2.75) is 13.5 Å². The van der Waals surface area contributed by atoms with Gasteiger partial charge in [-0.3, -0.25) is 0 Å². The maximum absolute atomic E-state index is 12.9. The molecule has 0 saturated carbocycles. The highest BCUT2D eigenvalue weighted by Crippen LogP contribution is 2.23. The van der Waals surface area contributed by atoms with Crippen LogP contribution in [0.1, 0.15) is 11.3 Å². The monoisotopic (exact) mass is 281 g/mol. The number of hydrogen-bond acceptors (Lipinski definition) is 2. The number of nitrogens with one attached hydrogen (secondary N) is 1. The molecule has 2 aromatic carbocycles. The first kappa shape index (κ1) is 13.4. The lowest BCUT2D eigenvalue weighted by Gasteiger charge is -2.05. The van der Waals surface area contributed by atoms with Crippen molar-refractivity contribution in [3.05, 3.63) is 77.8 Å². The van der Waals surface area contributed by atoms with E-state index in [0.29, 0.717) is 6.54 Å². The Morgan fingerprint density at radius 3 is 2.57 bits per heavy atom. The van der Waals surface area contributed by atoms with Crippen molar-refractivity contribution in [3.63, 3.8) is 0 Å². The Hall–Kier alpha value is -2.55. The van der Waals surface area contributed by atoms with Crippen molar-refractivity contribution in [2.75, 3.05) is 5.32 Å².